The average molecular weight is 252 g/mol. The van der Waals surface area contributed by atoms with Crippen molar-refractivity contribution in [3.8, 4) is 6.07 Å². The van der Waals surface area contributed by atoms with Crippen LogP contribution in [-0.2, 0) is 6.54 Å². The summed E-state index contributed by atoms with van der Waals surface area (Å²) in [6.45, 7) is 3.50. The number of hydrogen-bond acceptors (Lipinski definition) is 3. The molecule has 0 aliphatic rings. The molecule has 0 saturated carbocycles. The van der Waals surface area contributed by atoms with Crippen molar-refractivity contribution < 1.29 is 4.39 Å². The number of nitrogens with one attached hydrogen (secondary N) is 1. The second kappa shape index (κ2) is 8.10. The number of halogens is 1. The van der Waals surface area contributed by atoms with E-state index in [1.54, 1.807) is 12.1 Å². The van der Waals surface area contributed by atoms with E-state index in [2.05, 4.69) is 12.2 Å². The first kappa shape index (κ1) is 14.0. The van der Waals surface area contributed by atoms with Crippen molar-refractivity contribution in [3.63, 3.8) is 0 Å². The van der Waals surface area contributed by atoms with Gasteiger partial charge < -0.3 is 5.32 Å². The minimum absolute atomic E-state index is 0.117. The Balaban J connectivity index is 2.35. The van der Waals surface area contributed by atoms with Crippen molar-refractivity contribution in [2.45, 2.75) is 19.9 Å². The highest BCUT2D eigenvalue weighted by molar-refractivity contribution is 7.99. The first-order chi connectivity index (χ1) is 8.29. The van der Waals surface area contributed by atoms with Gasteiger partial charge in [0.2, 0.25) is 0 Å². The summed E-state index contributed by atoms with van der Waals surface area (Å²) in [7, 11) is 0. The molecule has 0 unspecified atom stereocenters. The van der Waals surface area contributed by atoms with E-state index in [0.717, 1.165) is 24.5 Å². The van der Waals surface area contributed by atoms with Gasteiger partial charge in [0.25, 0.3) is 0 Å². The average Bonchev–Trinajstić information content (AvgIpc) is 2.35. The summed E-state index contributed by atoms with van der Waals surface area (Å²) in [5, 5.41) is 11.9. The zero-order chi connectivity index (χ0) is 12.5. The summed E-state index contributed by atoms with van der Waals surface area (Å²) < 4.78 is 13.6. The van der Waals surface area contributed by atoms with E-state index in [4.69, 9.17) is 5.26 Å². The number of nitriles is 1. The van der Waals surface area contributed by atoms with Crippen LogP contribution in [0.5, 0.6) is 0 Å². The molecule has 92 valence electrons. The van der Waals surface area contributed by atoms with E-state index in [9.17, 15) is 4.39 Å². The van der Waals surface area contributed by atoms with Crippen LogP contribution in [0.15, 0.2) is 18.2 Å². The molecule has 0 aliphatic carbocycles. The lowest BCUT2D eigenvalue weighted by molar-refractivity contribution is 0.584. The van der Waals surface area contributed by atoms with Crippen LogP contribution in [0, 0.1) is 17.1 Å². The summed E-state index contributed by atoms with van der Waals surface area (Å²) in [5.74, 6) is 1.87. The third-order valence-electron chi connectivity index (χ3n) is 2.36. The fraction of sp³-hybridized carbons (Fsp3) is 0.462. The second-order valence-corrected chi connectivity index (χ2v) is 5.01. The predicted octanol–water partition coefficient (Wildman–Crippen LogP) is 2.93. The minimum Gasteiger partial charge on any atom is -0.313 e. The van der Waals surface area contributed by atoms with Gasteiger partial charge in [-0.2, -0.15) is 17.0 Å². The molecule has 0 aromatic heterocycles. The van der Waals surface area contributed by atoms with E-state index >= 15 is 0 Å². The molecule has 0 atom stereocenters. The Hall–Kier alpha value is -1.05. The molecule has 0 amide bonds. The van der Waals surface area contributed by atoms with Crippen LogP contribution in [0.25, 0.3) is 0 Å². The van der Waals surface area contributed by atoms with Crippen LogP contribution < -0.4 is 5.32 Å². The van der Waals surface area contributed by atoms with Gasteiger partial charge in [-0.15, -0.1) is 0 Å². The fourth-order valence-corrected chi connectivity index (χ4v) is 2.11. The van der Waals surface area contributed by atoms with Crippen LogP contribution in [0.3, 0.4) is 0 Å². The highest BCUT2D eigenvalue weighted by Gasteiger charge is 2.06. The SMILES string of the molecule is CCSCCCNCc1cccc(C#N)c1F. The number of nitrogens with zero attached hydrogens (tertiary/aromatic N) is 1. The molecule has 0 bridgehead atoms. The Kier molecular flexibility index (Phi) is 6.68. The van der Waals surface area contributed by atoms with Crippen molar-refractivity contribution >= 4 is 11.8 Å². The fourth-order valence-electron chi connectivity index (χ4n) is 1.47. The Morgan fingerprint density at radius 2 is 2.29 bits per heavy atom. The van der Waals surface area contributed by atoms with Gasteiger partial charge in [0.1, 0.15) is 11.9 Å². The molecule has 0 radical (unpaired) electrons. The summed E-state index contributed by atoms with van der Waals surface area (Å²) in [6, 6.07) is 6.77. The maximum Gasteiger partial charge on any atom is 0.145 e. The van der Waals surface area contributed by atoms with Crippen molar-refractivity contribution in [3.05, 3.63) is 35.1 Å². The Morgan fingerprint density at radius 1 is 1.47 bits per heavy atom. The molecular weight excluding hydrogens is 235 g/mol. The predicted molar refractivity (Wildman–Crippen MR) is 70.4 cm³/mol. The second-order valence-electron chi connectivity index (χ2n) is 3.62. The maximum absolute atomic E-state index is 13.6. The molecule has 1 aromatic carbocycles. The molecule has 2 nitrogen and oxygen atoms in total. The molecule has 0 aliphatic heterocycles. The third-order valence-corrected chi connectivity index (χ3v) is 3.35. The number of rotatable bonds is 7. The third kappa shape index (κ3) is 4.76. The number of benzene rings is 1. The standard InChI is InChI=1S/C13H17FN2S/c1-2-17-8-4-7-16-10-12-6-3-5-11(9-15)13(12)14/h3,5-6,16H,2,4,7-8,10H2,1H3. The van der Waals surface area contributed by atoms with Crippen LogP contribution in [0.4, 0.5) is 4.39 Å². The Morgan fingerprint density at radius 3 is 3.00 bits per heavy atom. The van der Waals surface area contributed by atoms with Gasteiger partial charge >= 0.3 is 0 Å². The summed E-state index contributed by atoms with van der Waals surface area (Å²) in [5.41, 5.74) is 0.679. The van der Waals surface area contributed by atoms with Crippen molar-refractivity contribution in [2.24, 2.45) is 0 Å². The lowest BCUT2D eigenvalue weighted by Gasteiger charge is -2.06. The zero-order valence-electron chi connectivity index (χ0n) is 10.0. The quantitative estimate of drug-likeness (QED) is 0.758. The largest absolute Gasteiger partial charge is 0.313 e. The van der Waals surface area contributed by atoms with Crippen LogP contribution in [-0.4, -0.2) is 18.1 Å². The molecule has 0 spiro atoms. The summed E-state index contributed by atoms with van der Waals surface area (Å²) in [6.07, 6.45) is 1.08. The minimum atomic E-state index is -0.398. The Labute approximate surface area is 106 Å². The van der Waals surface area contributed by atoms with Gasteiger partial charge in [-0.25, -0.2) is 4.39 Å². The van der Waals surface area contributed by atoms with Crippen LogP contribution in [0.2, 0.25) is 0 Å². The van der Waals surface area contributed by atoms with Gasteiger partial charge in [0, 0.05) is 12.1 Å². The van der Waals surface area contributed by atoms with Gasteiger partial charge in [-0.1, -0.05) is 19.1 Å². The molecule has 1 rings (SSSR count). The molecule has 1 N–H and O–H groups in total. The van der Waals surface area contributed by atoms with Gasteiger partial charge in [0.05, 0.1) is 5.56 Å². The Bertz CT molecular complexity index is 387. The van der Waals surface area contributed by atoms with Crippen LogP contribution >= 0.6 is 11.8 Å². The lowest BCUT2D eigenvalue weighted by atomic mass is 10.1. The van der Waals surface area contributed by atoms with Gasteiger partial charge in [-0.05, 0) is 30.5 Å². The van der Waals surface area contributed by atoms with E-state index in [-0.39, 0.29) is 5.56 Å². The van der Waals surface area contributed by atoms with E-state index < -0.39 is 5.82 Å². The van der Waals surface area contributed by atoms with Gasteiger partial charge in [-0.3, -0.25) is 0 Å². The zero-order valence-corrected chi connectivity index (χ0v) is 10.8. The maximum atomic E-state index is 13.6. The van der Waals surface area contributed by atoms with E-state index in [1.807, 2.05) is 17.8 Å². The van der Waals surface area contributed by atoms with Crippen LogP contribution in [0.1, 0.15) is 24.5 Å². The topological polar surface area (TPSA) is 35.8 Å². The molecule has 0 fully saturated rings. The molecule has 17 heavy (non-hydrogen) atoms. The first-order valence-corrected chi connectivity index (χ1v) is 6.91. The monoisotopic (exact) mass is 252 g/mol. The number of thioether (sulfide) groups is 1. The molecular formula is C13H17FN2S. The van der Waals surface area contributed by atoms with Crippen molar-refractivity contribution in [1.82, 2.24) is 5.32 Å². The molecule has 4 heteroatoms. The molecule has 0 heterocycles. The highest BCUT2D eigenvalue weighted by Crippen LogP contribution is 2.11. The molecule has 0 saturated heterocycles. The van der Waals surface area contributed by atoms with Gasteiger partial charge in [0.15, 0.2) is 0 Å². The first-order valence-electron chi connectivity index (χ1n) is 5.75. The lowest BCUT2D eigenvalue weighted by Crippen LogP contribution is -2.16. The number of hydrogen-bond donors (Lipinski definition) is 1. The summed E-state index contributed by atoms with van der Waals surface area (Å²) >= 11 is 1.91. The molecule has 1 aromatic rings. The normalized spacial score (nSPS) is 10.2. The van der Waals surface area contributed by atoms with E-state index in [0.29, 0.717) is 12.1 Å². The highest BCUT2D eigenvalue weighted by atomic mass is 32.2. The smallest absolute Gasteiger partial charge is 0.145 e. The summed E-state index contributed by atoms with van der Waals surface area (Å²) in [4.78, 5) is 0. The van der Waals surface area contributed by atoms with Crippen molar-refractivity contribution in [1.29, 1.82) is 5.26 Å². The van der Waals surface area contributed by atoms with Crippen molar-refractivity contribution in [2.75, 3.05) is 18.1 Å². The van der Waals surface area contributed by atoms with E-state index in [1.165, 1.54) is 6.07 Å².